The number of rotatable bonds is 3. The summed E-state index contributed by atoms with van der Waals surface area (Å²) in [6.07, 6.45) is -1.03. The van der Waals surface area contributed by atoms with Crippen molar-refractivity contribution in [3.8, 4) is 0 Å². The molecular weight excluding hydrogens is 172 g/mol. The van der Waals surface area contributed by atoms with Crippen LogP contribution in [-0.2, 0) is 9.53 Å². The van der Waals surface area contributed by atoms with Gasteiger partial charge in [0.2, 0.25) is 0 Å². The van der Waals surface area contributed by atoms with E-state index < -0.39 is 11.9 Å². The van der Waals surface area contributed by atoms with Gasteiger partial charge in [-0.25, -0.2) is 4.79 Å². The third-order valence-corrected chi connectivity index (χ3v) is 1.21. The van der Waals surface area contributed by atoms with Crippen molar-refractivity contribution in [2.24, 2.45) is 11.5 Å². The summed E-state index contributed by atoms with van der Waals surface area (Å²) < 4.78 is 4.51. The summed E-state index contributed by atoms with van der Waals surface area (Å²) in [6.45, 7) is 6.29. The van der Waals surface area contributed by atoms with E-state index in [-0.39, 0.29) is 11.5 Å². The maximum Gasteiger partial charge on any atom is 0.410 e. The minimum Gasteiger partial charge on any atom is -0.408 e. The summed E-state index contributed by atoms with van der Waals surface area (Å²) in [7, 11) is 0. The summed E-state index contributed by atoms with van der Waals surface area (Å²) in [6, 6.07) is 0. The van der Waals surface area contributed by atoms with Gasteiger partial charge in [-0.2, -0.15) is 0 Å². The van der Waals surface area contributed by atoms with E-state index in [0.29, 0.717) is 5.57 Å². The number of primary amides is 1. The summed E-state index contributed by atoms with van der Waals surface area (Å²) in [5, 5.41) is 0. The zero-order valence-electron chi connectivity index (χ0n) is 7.59. The molecule has 0 bridgehead atoms. The minimum absolute atomic E-state index is 0.0694. The smallest absolute Gasteiger partial charge is 0.408 e. The van der Waals surface area contributed by atoms with E-state index in [2.05, 4.69) is 11.3 Å². The lowest BCUT2D eigenvalue weighted by atomic mass is 10.2. The second kappa shape index (κ2) is 4.30. The number of carbonyl (C=O) groups excluding carboxylic acids is 2. The van der Waals surface area contributed by atoms with Crippen LogP contribution in [0, 0.1) is 0 Å². The average molecular weight is 184 g/mol. The van der Waals surface area contributed by atoms with Gasteiger partial charge in [0.15, 0.2) is 11.5 Å². The number of ether oxygens (including phenoxy) is 1. The molecule has 1 amide bonds. The van der Waals surface area contributed by atoms with E-state index in [1.54, 1.807) is 6.92 Å². The van der Waals surface area contributed by atoms with Crippen molar-refractivity contribution in [3.63, 3.8) is 0 Å². The Morgan fingerprint density at radius 3 is 1.92 bits per heavy atom. The van der Waals surface area contributed by atoms with Crippen molar-refractivity contribution < 1.29 is 14.3 Å². The van der Waals surface area contributed by atoms with Crippen LogP contribution in [0.5, 0.6) is 0 Å². The normalized spacial score (nSPS) is 11.5. The van der Waals surface area contributed by atoms with Crippen molar-refractivity contribution in [3.05, 3.63) is 23.6 Å². The molecule has 0 spiro atoms. The highest BCUT2D eigenvalue weighted by atomic mass is 16.5. The van der Waals surface area contributed by atoms with Crippen LogP contribution in [0.15, 0.2) is 23.6 Å². The summed E-state index contributed by atoms with van der Waals surface area (Å²) in [5.41, 5.74) is 10.3. The fraction of sp³-hybridized carbons (Fsp3) is 0.250. The second-order valence-electron chi connectivity index (χ2n) is 2.50. The van der Waals surface area contributed by atoms with Crippen molar-refractivity contribution in [1.82, 2.24) is 0 Å². The van der Waals surface area contributed by atoms with Gasteiger partial charge < -0.3 is 16.2 Å². The zero-order valence-corrected chi connectivity index (χ0v) is 7.59. The molecule has 5 nitrogen and oxygen atoms in total. The highest BCUT2D eigenvalue weighted by Gasteiger charge is 2.12. The SMILES string of the molecule is C=C(C)/C(OC(N)=O)=C(\N)C(C)=O. The number of carbonyl (C=O) groups is 2. The molecule has 0 saturated carbocycles. The lowest BCUT2D eigenvalue weighted by molar-refractivity contribution is -0.113. The van der Waals surface area contributed by atoms with Gasteiger partial charge in [0.25, 0.3) is 0 Å². The first-order chi connectivity index (χ1) is 5.86. The average Bonchev–Trinajstić information content (AvgIpc) is 1.97. The van der Waals surface area contributed by atoms with Crippen LogP contribution in [0.2, 0.25) is 0 Å². The number of nitrogens with two attached hydrogens (primary N) is 2. The predicted octanol–water partition coefficient (Wildman–Crippen LogP) is 0.417. The lowest BCUT2D eigenvalue weighted by Gasteiger charge is -2.08. The molecule has 0 aliphatic heterocycles. The summed E-state index contributed by atoms with van der Waals surface area (Å²) in [4.78, 5) is 21.2. The van der Waals surface area contributed by atoms with E-state index in [1.165, 1.54) is 6.92 Å². The molecule has 0 heterocycles. The molecule has 0 saturated heterocycles. The zero-order chi connectivity index (χ0) is 10.6. The Kier molecular flexibility index (Phi) is 3.71. The van der Waals surface area contributed by atoms with Crippen LogP contribution >= 0.6 is 0 Å². The minimum atomic E-state index is -1.03. The van der Waals surface area contributed by atoms with E-state index >= 15 is 0 Å². The molecular formula is C8H12N2O3. The van der Waals surface area contributed by atoms with Gasteiger partial charge >= 0.3 is 6.09 Å². The first kappa shape index (κ1) is 11.2. The molecule has 0 rings (SSSR count). The van der Waals surface area contributed by atoms with Gasteiger partial charge in [-0.15, -0.1) is 0 Å². The van der Waals surface area contributed by atoms with Gasteiger partial charge in [0.1, 0.15) is 5.70 Å². The van der Waals surface area contributed by atoms with Crippen molar-refractivity contribution in [2.45, 2.75) is 13.8 Å². The van der Waals surface area contributed by atoms with Crippen molar-refractivity contribution in [1.29, 1.82) is 0 Å². The van der Waals surface area contributed by atoms with E-state index in [9.17, 15) is 9.59 Å². The van der Waals surface area contributed by atoms with Crippen molar-refractivity contribution >= 4 is 11.9 Å². The first-order valence-corrected chi connectivity index (χ1v) is 3.50. The molecule has 0 aromatic heterocycles. The summed E-state index contributed by atoms with van der Waals surface area (Å²) >= 11 is 0. The summed E-state index contributed by atoms with van der Waals surface area (Å²) in [5.74, 6) is -0.473. The van der Waals surface area contributed by atoms with Crippen LogP contribution in [0.4, 0.5) is 4.79 Å². The van der Waals surface area contributed by atoms with E-state index in [4.69, 9.17) is 11.5 Å². The molecule has 4 N–H and O–H groups in total. The third kappa shape index (κ3) is 3.42. The Morgan fingerprint density at radius 2 is 1.69 bits per heavy atom. The van der Waals surface area contributed by atoms with Crippen LogP contribution in [0.25, 0.3) is 0 Å². The van der Waals surface area contributed by atoms with E-state index in [0.717, 1.165) is 0 Å². The molecule has 5 heteroatoms. The molecule has 0 aromatic rings. The Balaban J connectivity index is 5.00. The monoisotopic (exact) mass is 184 g/mol. The molecule has 72 valence electrons. The largest absolute Gasteiger partial charge is 0.410 e. The Bertz CT molecular complexity index is 292. The van der Waals surface area contributed by atoms with E-state index in [1.807, 2.05) is 0 Å². The lowest BCUT2D eigenvalue weighted by Crippen LogP contribution is -2.19. The molecule has 0 radical (unpaired) electrons. The molecule has 13 heavy (non-hydrogen) atoms. The fourth-order valence-electron chi connectivity index (χ4n) is 0.632. The standard InChI is InChI=1S/C8H12N2O3/c1-4(2)7(13-8(10)12)6(9)5(3)11/h1,9H2,2-3H3,(H2,10,12)/b7-6+. The first-order valence-electron chi connectivity index (χ1n) is 3.50. The Labute approximate surface area is 76.0 Å². The predicted molar refractivity (Wildman–Crippen MR) is 47.4 cm³/mol. The maximum absolute atomic E-state index is 10.8. The van der Waals surface area contributed by atoms with Crippen LogP contribution < -0.4 is 11.5 Å². The van der Waals surface area contributed by atoms with Crippen LogP contribution in [0.1, 0.15) is 13.8 Å². The topological polar surface area (TPSA) is 95.4 Å². The van der Waals surface area contributed by atoms with Gasteiger partial charge in [0.05, 0.1) is 0 Å². The Hall–Kier alpha value is -1.78. The number of hydrogen-bond acceptors (Lipinski definition) is 4. The second-order valence-corrected chi connectivity index (χ2v) is 2.50. The number of amides is 1. The molecule has 0 aromatic carbocycles. The van der Waals surface area contributed by atoms with Crippen molar-refractivity contribution in [2.75, 3.05) is 0 Å². The maximum atomic E-state index is 10.8. The number of allylic oxidation sites excluding steroid dienone is 2. The van der Waals surface area contributed by atoms with Gasteiger partial charge in [-0.3, -0.25) is 4.79 Å². The quantitative estimate of drug-likeness (QED) is 0.377. The molecule has 0 atom stereocenters. The molecule has 0 aliphatic rings. The third-order valence-electron chi connectivity index (χ3n) is 1.21. The molecule has 0 aliphatic carbocycles. The van der Waals surface area contributed by atoms with Crippen LogP contribution in [-0.4, -0.2) is 11.9 Å². The Morgan fingerprint density at radius 1 is 1.23 bits per heavy atom. The molecule has 0 fully saturated rings. The number of hydrogen-bond donors (Lipinski definition) is 2. The van der Waals surface area contributed by atoms with Gasteiger partial charge in [-0.1, -0.05) is 6.58 Å². The number of Topliss-reactive ketones (excluding diaryl/α,β-unsaturated/α-hetero) is 1. The molecule has 0 unspecified atom stereocenters. The highest BCUT2D eigenvalue weighted by Crippen LogP contribution is 2.11. The fourth-order valence-corrected chi connectivity index (χ4v) is 0.632. The van der Waals surface area contributed by atoms with Gasteiger partial charge in [-0.05, 0) is 12.5 Å². The van der Waals surface area contributed by atoms with Crippen LogP contribution in [0.3, 0.4) is 0 Å². The highest BCUT2D eigenvalue weighted by molar-refractivity contribution is 5.93. The number of ketones is 1. The van der Waals surface area contributed by atoms with Gasteiger partial charge in [0, 0.05) is 6.92 Å².